The maximum Gasteiger partial charge on any atom is 0.164 e. The van der Waals surface area contributed by atoms with Gasteiger partial charge in [0.2, 0.25) is 0 Å². The van der Waals surface area contributed by atoms with Crippen molar-refractivity contribution >= 4 is 21.8 Å². The molecule has 0 bridgehead atoms. The summed E-state index contributed by atoms with van der Waals surface area (Å²) in [6, 6.07) is 69.0. The van der Waals surface area contributed by atoms with E-state index in [1.807, 2.05) is 18.2 Å². The van der Waals surface area contributed by atoms with Crippen molar-refractivity contribution in [3.05, 3.63) is 205 Å². The Hall–Kier alpha value is -7.43. The average molecular weight is 743 g/mol. The van der Waals surface area contributed by atoms with E-state index in [4.69, 9.17) is 15.0 Å². The fourth-order valence-corrected chi connectivity index (χ4v) is 9.07. The van der Waals surface area contributed by atoms with Crippen LogP contribution < -0.4 is 0 Å². The Labute approximate surface area is 337 Å². The van der Waals surface area contributed by atoms with Crippen LogP contribution in [-0.2, 0) is 5.41 Å². The van der Waals surface area contributed by atoms with Crippen LogP contribution in [0.3, 0.4) is 0 Å². The fourth-order valence-electron chi connectivity index (χ4n) is 9.07. The molecule has 0 N–H and O–H groups in total. The monoisotopic (exact) mass is 742 g/mol. The highest BCUT2D eigenvalue weighted by Gasteiger charge is 2.36. The number of hydrogen-bond acceptors (Lipinski definition) is 3. The Balaban J connectivity index is 1.11. The smallest absolute Gasteiger partial charge is 0.164 e. The molecule has 0 atom stereocenters. The number of aromatic nitrogens is 4. The molecule has 0 radical (unpaired) electrons. The van der Waals surface area contributed by atoms with Gasteiger partial charge in [-0.05, 0) is 63.2 Å². The van der Waals surface area contributed by atoms with E-state index < -0.39 is 0 Å². The van der Waals surface area contributed by atoms with E-state index in [-0.39, 0.29) is 5.41 Å². The summed E-state index contributed by atoms with van der Waals surface area (Å²) >= 11 is 0. The lowest BCUT2D eigenvalue weighted by molar-refractivity contribution is 0.660. The second kappa shape index (κ2) is 13.4. The van der Waals surface area contributed by atoms with Crippen molar-refractivity contribution in [2.75, 3.05) is 0 Å². The van der Waals surface area contributed by atoms with Crippen molar-refractivity contribution < 1.29 is 0 Å². The highest BCUT2D eigenvalue weighted by atomic mass is 15.0. The third-order valence-electron chi connectivity index (χ3n) is 11.9. The summed E-state index contributed by atoms with van der Waals surface area (Å²) in [5.41, 5.74) is 16.0. The minimum absolute atomic E-state index is 0.0820. The van der Waals surface area contributed by atoms with Crippen molar-refractivity contribution in [3.8, 4) is 73.2 Å². The quantitative estimate of drug-likeness (QED) is 0.170. The van der Waals surface area contributed by atoms with E-state index in [1.54, 1.807) is 0 Å². The van der Waals surface area contributed by atoms with Crippen LogP contribution in [0.15, 0.2) is 194 Å². The zero-order chi connectivity index (χ0) is 38.8. The van der Waals surface area contributed by atoms with E-state index in [2.05, 4.69) is 194 Å². The molecule has 10 aromatic rings. The predicted octanol–water partition coefficient (Wildman–Crippen LogP) is 13.6. The molecular formula is C54H38N4. The van der Waals surface area contributed by atoms with Crippen LogP contribution in [-0.4, -0.2) is 19.5 Å². The molecule has 0 spiro atoms. The SMILES string of the molecule is CC1(C)c2ccccc2-c2c(-c3cccc(-c4nc(-c5ccccc5)nc(-c5ccc(-c6ccccc6)c(-n6c7ccccc7c7ccccc76)c5)n4)c3)cccc21. The van der Waals surface area contributed by atoms with Crippen molar-refractivity contribution in [2.45, 2.75) is 19.3 Å². The van der Waals surface area contributed by atoms with Crippen molar-refractivity contribution in [1.82, 2.24) is 19.5 Å². The minimum Gasteiger partial charge on any atom is -0.309 e. The van der Waals surface area contributed by atoms with Gasteiger partial charge in [0.15, 0.2) is 17.5 Å². The van der Waals surface area contributed by atoms with Crippen LogP contribution in [0, 0.1) is 0 Å². The summed E-state index contributed by atoms with van der Waals surface area (Å²) in [6.45, 7) is 4.66. The lowest BCUT2D eigenvalue weighted by atomic mass is 9.82. The van der Waals surface area contributed by atoms with Gasteiger partial charge in [-0.15, -0.1) is 0 Å². The van der Waals surface area contributed by atoms with Gasteiger partial charge in [0.1, 0.15) is 0 Å². The van der Waals surface area contributed by atoms with Crippen molar-refractivity contribution in [1.29, 1.82) is 0 Å². The molecule has 0 saturated carbocycles. The fraction of sp³-hybridized carbons (Fsp3) is 0.0556. The van der Waals surface area contributed by atoms with Gasteiger partial charge in [-0.2, -0.15) is 0 Å². The third kappa shape index (κ3) is 5.41. The lowest BCUT2D eigenvalue weighted by Crippen LogP contribution is -2.14. The molecule has 2 aromatic heterocycles. The summed E-state index contributed by atoms with van der Waals surface area (Å²) in [4.78, 5) is 15.6. The Morgan fingerprint density at radius 1 is 0.362 bits per heavy atom. The summed E-state index contributed by atoms with van der Waals surface area (Å²) in [7, 11) is 0. The number of nitrogens with zero attached hydrogens (tertiary/aromatic N) is 4. The molecule has 11 rings (SSSR count). The van der Waals surface area contributed by atoms with Crippen molar-refractivity contribution in [2.24, 2.45) is 0 Å². The zero-order valence-electron chi connectivity index (χ0n) is 32.3. The molecule has 274 valence electrons. The van der Waals surface area contributed by atoms with Crippen LogP contribution in [0.25, 0.3) is 95.0 Å². The molecule has 4 heteroatoms. The van der Waals surface area contributed by atoms with Gasteiger partial charge in [-0.3, -0.25) is 0 Å². The number of para-hydroxylation sites is 2. The minimum atomic E-state index is -0.0820. The van der Waals surface area contributed by atoms with Crippen LogP contribution in [0.2, 0.25) is 0 Å². The first-order valence-electron chi connectivity index (χ1n) is 19.9. The summed E-state index contributed by atoms with van der Waals surface area (Å²) in [5.74, 6) is 1.88. The van der Waals surface area contributed by atoms with Gasteiger partial charge in [0.25, 0.3) is 0 Å². The molecule has 2 heterocycles. The standard InChI is InChI=1S/C54H38N4/c1-54(2)45-27-12-9-25-44(45)50-41(26-16-28-46(50)54)37-21-15-22-38(33-37)52-55-51(36-19-7-4-8-20-36)56-53(57-52)39-31-32-40(35-17-5-3-6-18-35)49(34-39)58-47-29-13-10-23-42(47)43-24-11-14-30-48(43)58/h3-34H,1-2H3. The van der Waals surface area contributed by atoms with Gasteiger partial charge < -0.3 is 4.57 Å². The molecule has 8 aromatic carbocycles. The number of fused-ring (bicyclic) bond motifs is 6. The van der Waals surface area contributed by atoms with Crippen molar-refractivity contribution in [3.63, 3.8) is 0 Å². The predicted molar refractivity (Wildman–Crippen MR) is 239 cm³/mol. The number of hydrogen-bond donors (Lipinski definition) is 0. The third-order valence-corrected chi connectivity index (χ3v) is 11.9. The number of benzene rings is 8. The number of rotatable bonds is 6. The summed E-state index contributed by atoms with van der Waals surface area (Å²) in [5, 5.41) is 2.43. The van der Waals surface area contributed by atoms with E-state index in [9.17, 15) is 0 Å². The van der Waals surface area contributed by atoms with Gasteiger partial charge in [0, 0.05) is 38.4 Å². The molecule has 1 aliphatic carbocycles. The topological polar surface area (TPSA) is 43.6 Å². The first kappa shape index (κ1) is 33.9. The van der Waals surface area contributed by atoms with Gasteiger partial charge in [0.05, 0.1) is 16.7 Å². The van der Waals surface area contributed by atoms with E-state index in [0.717, 1.165) is 50.1 Å². The Morgan fingerprint density at radius 2 is 0.862 bits per heavy atom. The average Bonchev–Trinajstić information content (AvgIpc) is 3.75. The molecule has 0 unspecified atom stereocenters. The molecule has 0 saturated heterocycles. The van der Waals surface area contributed by atoms with Crippen LogP contribution in [0.4, 0.5) is 0 Å². The van der Waals surface area contributed by atoms with Gasteiger partial charge in [-0.1, -0.05) is 184 Å². The van der Waals surface area contributed by atoms with Gasteiger partial charge in [-0.25, -0.2) is 15.0 Å². The molecule has 58 heavy (non-hydrogen) atoms. The van der Waals surface area contributed by atoms with E-state index in [1.165, 1.54) is 38.6 Å². The molecule has 4 nitrogen and oxygen atoms in total. The normalized spacial score (nSPS) is 12.8. The van der Waals surface area contributed by atoms with Gasteiger partial charge >= 0.3 is 0 Å². The highest BCUT2D eigenvalue weighted by Crippen LogP contribution is 2.52. The van der Waals surface area contributed by atoms with E-state index in [0.29, 0.717) is 17.5 Å². The second-order valence-corrected chi connectivity index (χ2v) is 15.6. The second-order valence-electron chi connectivity index (χ2n) is 15.6. The first-order chi connectivity index (χ1) is 28.5. The molecule has 0 aliphatic heterocycles. The van der Waals surface area contributed by atoms with Crippen LogP contribution >= 0.6 is 0 Å². The Bertz CT molecular complexity index is 3140. The maximum absolute atomic E-state index is 5.28. The summed E-state index contributed by atoms with van der Waals surface area (Å²) < 4.78 is 2.39. The lowest BCUT2D eigenvalue weighted by Gasteiger charge is -2.21. The van der Waals surface area contributed by atoms with Crippen LogP contribution in [0.1, 0.15) is 25.0 Å². The Kier molecular flexibility index (Phi) is 7.80. The van der Waals surface area contributed by atoms with E-state index >= 15 is 0 Å². The Morgan fingerprint density at radius 3 is 1.57 bits per heavy atom. The molecule has 0 fully saturated rings. The largest absolute Gasteiger partial charge is 0.309 e. The first-order valence-corrected chi connectivity index (χ1v) is 19.9. The molecular weight excluding hydrogens is 705 g/mol. The zero-order valence-corrected chi connectivity index (χ0v) is 32.3. The van der Waals surface area contributed by atoms with Crippen LogP contribution in [0.5, 0.6) is 0 Å². The highest BCUT2D eigenvalue weighted by molar-refractivity contribution is 6.10. The summed E-state index contributed by atoms with van der Waals surface area (Å²) in [6.07, 6.45) is 0. The molecule has 1 aliphatic rings. The maximum atomic E-state index is 5.28. The molecule has 0 amide bonds.